The predicted octanol–water partition coefficient (Wildman–Crippen LogP) is 1.69. The van der Waals surface area contributed by atoms with Gasteiger partial charge >= 0.3 is 5.97 Å². The molecule has 0 unspecified atom stereocenters. The Morgan fingerprint density at radius 3 is 2.50 bits per heavy atom. The molecule has 0 saturated heterocycles. The maximum atomic E-state index is 11.7. The molecule has 1 rings (SSSR count). The molecular weight excluding hydrogens is 252 g/mol. The summed E-state index contributed by atoms with van der Waals surface area (Å²) in [7, 11) is 3.38. The van der Waals surface area contributed by atoms with E-state index in [1.807, 2.05) is 18.7 Å². The molecule has 0 fully saturated rings. The topological polar surface area (TPSA) is 60.9 Å². The summed E-state index contributed by atoms with van der Waals surface area (Å²) >= 11 is 1.51. The van der Waals surface area contributed by atoms with Crippen LogP contribution < -0.4 is 0 Å². The van der Waals surface area contributed by atoms with Crippen LogP contribution in [0, 0.1) is 0 Å². The van der Waals surface area contributed by atoms with Gasteiger partial charge in [0.05, 0.1) is 11.4 Å². The van der Waals surface area contributed by atoms with Gasteiger partial charge in [-0.3, -0.25) is 9.59 Å². The molecule has 0 radical (unpaired) electrons. The van der Waals surface area contributed by atoms with Crippen LogP contribution in [0.15, 0.2) is 21.7 Å². The Labute approximate surface area is 111 Å². The maximum Gasteiger partial charge on any atom is 0.305 e. The molecule has 100 valence electrons. The van der Waals surface area contributed by atoms with Gasteiger partial charge in [0.15, 0.2) is 0 Å². The van der Waals surface area contributed by atoms with Crippen molar-refractivity contribution in [3.63, 3.8) is 0 Å². The van der Waals surface area contributed by atoms with Crippen LogP contribution in [0.1, 0.15) is 20.3 Å². The van der Waals surface area contributed by atoms with Crippen molar-refractivity contribution in [2.45, 2.75) is 20.3 Å². The van der Waals surface area contributed by atoms with Gasteiger partial charge < -0.3 is 14.9 Å². The number of carbonyl (C=O) groups excluding carboxylic acids is 1. The van der Waals surface area contributed by atoms with Crippen molar-refractivity contribution in [3.05, 3.63) is 21.7 Å². The summed E-state index contributed by atoms with van der Waals surface area (Å²) in [6.45, 7) is 4.29. The molecule has 0 aliphatic carbocycles. The second kappa shape index (κ2) is 5.95. The molecule has 1 heterocycles. The molecule has 0 aromatic carbocycles. The van der Waals surface area contributed by atoms with Gasteiger partial charge in [0.25, 0.3) is 0 Å². The lowest BCUT2D eigenvalue weighted by molar-refractivity contribution is -0.137. The maximum absolute atomic E-state index is 11.7. The number of nitrogens with zero attached hydrogens (tertiary/aromatic N) is 2. The third-order valence-corrected chi connectivity index (χ3v) is 3.82. The van der Waals surface area contributed by atoms with Crippen LogP contribution in [0.3, 0.4) is 0 Å². The van der Waals surface area contributed by atoms with Crippen LogP contribution in [0.25, 0.3) is 0 Å². The zero-order chi connectivity index (χ0) is 13.9. The first-order valence-electron chi connectivity index (χ1n) is 5.60. The number of allylic oxidation sites excluding steroid dienone is 2. The fraction of sp³-hybridized carbons (Fsp3) is 0.500. The normalized spacial score (nSPS) is 17.6. The summed E-state index contributed by atoms with van der Waals surface area (Å²) in [6, 6.07) is 0. The van der Waals surface area contributed by atoms with Gasteiger partial charge in [-0.25, -0.2) is 0 Å². The van der Waals surface area contributed by atoms with E-state index >= 15 is 0 Å². The summed E-state index contributed by atoms with van der Waals surface area (Å²) in [4.78, 5) is 26.8. The van der Waals surface area contributed by atoms with Gasteiger partial charge in [-0.2, -0.15) is 0 Å². The number of rotatable bonds is 4. The van der Waals surface area contributed by atoms with Crippen LogP contribution in [0.5, 0.6) is 0 Å². The zero-order valence-corrected chi connectivity index (χ0v) is 11.9. The minimum Gasteiger partial charge on any atom is -0.481 e. The fourth-order valence-electron chi connectivity index (χ4n) is 1.47. The Morgan fingerprint density at radius 2 is 2.00 bits per heavy atom. The number of carbonyl (C=O) groups is 2. The number of hydrogen-bond acceptors (Lipinski definition) is 4. The standard InChI is InChI=1S/C12H18N2O3S/c1-8-9(2)18-11(7-10(15)13(3)4)14(8)6-5-12(16)17/h7H,5-6H2,1-4H3,(H,16,17)/b11-7+. The molecule has 0 saturated carbocycles. The number of likely N-dealkylation sites (N-methyl/N-ethyl adjacent to an activating group) is 1. The number of amides is 1. The summed E-state index contributed by atoms with van der Waals surface area (Å²) in [5.41, 5.74) is 1.01. The average molecular weight is 270 g/mol. The van der Waals surface area contributed by atoms with Gasteiger partial charge in [0.2, 0.25) is 5.91 Å². The van der Waals surface area contributed by atoms with Crippen LogP contribution in [0.2, 0.25) is 0 Å². The quantitative estimate of drug-likeness (QED) is 0.788. The van der Waals surface area contributed by atoms with E-state index in [4.69, 9.17) is 5.11 Å². The Bertz CT molecular complexity index is 427. The van der Waals surface area contributed by atoms with Crippen molar-refractivity contribution in [1.29, 1.82) is 0 Å². The largest absolute Gasteiger partial charge is 0.481 e. The molecule has 1 N–H and O–H groups in total. The highest BCUT2D eigenvalue weighted by Gasteiger charge is 2.24. The van der Waals surface area contributed by atoms with Gasteiger partial charge in [-0.15, -0.1) is 0 Å². The highest BCUT2D eigenvalue weighted by Crippen LogP contribution is 2.40. The molecule has 0 aromatic heterocycles. The SMILES string of the molecule is CC1=C(C)N(CCC(=O)O)/C(=C\C(=O)N(C)C)S1. The van der Waals surface area contributed by atoms with Crippen molar-refractivity contribution < 1.29 is 14.7 Å². The fourth-order valence-corrected chi connectivity index (χ4v) is 2.54. The smallest absolute Gasteiger partial charge is 0.305 e. The van der Waals surface area contributed by atoms with Crippen molar-refractivity contribution in [2.24, 2.45) is 0 Å². The van der Waals surface area contributed by atoms with Crippen LogP contribution in [0.4, 0.5) is 0 Å². The molecular formula is C12H18N2O3S. The highest BCUT2D eigenvalue weighted by molar-refractivity contribution is 8.06. The summed E-state index contributed by atoms with van der Waals surface area (Å²) in [5.74, 6) is -0.934. The average Bonchev–Trinajstić information content (AvgIpc) is 2.52. The molecule has 0 spiro atoms. The zero-order valence-electron chi connectivity index (χ0n) is 11.1. The van der Waals surface area contributed by atoms with Gasteiger partial charge in [-0.1, -0.05) is 11.8 Å². The predicted molar refractivity (Wildman–Crippen MR) is 71.7 cm³/mol. The molecule has 0 atom stereocenters. The molecule has 0 bridgehead atoms. The lowest BCUT2D eigenvalue weighted by atomic mass is 10.3. The van der Waals surface area contributed by atoms with Crippen molar-refractivity contribution in [3.8, 4) is 0 Å². The van der Waals surface area contributed by atoms with Crippen LogP contribution in [-0.2, 0) is 9.59 Å². The lowest BCUT2D eigenvalue weighted by Gasteiger charge is -2.20. The number of thioether (sulfide) groups is 1. The Hall–Kier alpha value is -1.43. The van der Waals surface area contributed by atoms with Crippen molar-refractivity contribution >= 4 is 23.6 Å². The molecule has 5 nitrogen and oxygen atoms in total. The van der Waals surface area contributed by atoms with Crippen molar-refractivity contribution in [2.75, 3.05) is 20.6 Å². The van der Waals surface area contributed by atoms with E-state index in [0.29, 0.717) is 6.54 Å². The van der Waals surface area contributed by atoms with Crippen LogP contribution >= 0.6 is 11.8 Å². The van der Waals surface area contributed by atoms with E-state index in [2.05, 4.69) is 0 Å². The summed E-state index contributed by atoms with van der Waals surface area (Å²) in [5, 5.41) is 9.53. The first-order chi connectivity index (χ1) is 8.32. The molecule has 1 aliphatic heterocycles. The summed E-state index contributed by atoms with van der Waals surface area (Å²) < 4.78 is 0. The van der Waals surface area contributed by atoms with Crippen molar-refractivity contribution in [1.82, 2.24) is 9.80 Å². The Kier molecular flexibility index (Phi) is 4.84. The van der Waals surface area contributed by atoms with Crippen LogP contribution in [-0.4, -0.2) is 47.4 Å². The Balaban J connectivity index is 2.86. The van der Waals surface area contributed by atoms with E-state index in [9.17, 15) is 9.59 Å². The number of carboxylic acids is 1. The number of hydrogen-bond donors (Lipinski definition) is 1. The summed E-state index contributed by atoms with van der Waals surface area (Å²) in [6.07, 6.45) is 1.60. The molecule has 1 amide bonds. The first kappa shape index (κ1) is 14.6. The third kappa shape index (κ3) is 3.53. The van der Waals surface area contributed by atoms with Gasteiger partial charge in [-0.05, 0) is 13.8 Å². The monoisotopic (exact) mass is 270 g/mol. The molecule has 0 aromatic rings. The first-order valence-corrected chi connectivity index (χ1v) is 6.42. The lowest BCUT2D eigenvalue weighted by Crippen LogP contribution is -2.24. The molecule has 18 heavy (non-hydrogen) atoms. The number of aliphatic carboxylic acids is 1. The van der Waals surface area contributed by atoms with E-state index in [0.717, 1.165) is 15.6 Å². The van der Waals surface area contributed by atoms with Gasteiger partial charge in [0, 0.05) is 37.3 Å². The molecule has 6 heteroatoms. The van der Waals surface area contributed by atoms with E-state index < -0.39 is 5.97 Å². The highest BCUT2D eigenvalue weighted by atomic mass is 32.2. The molecule has 1 aliphatic rings. The van der Waals surface area contributed by atoms with Gasteiger partial charge in [0.1, 0.15) is 0 Å². The van der Waals surface area contributed by atoms with E-state index in [-0.39, 0.29) is 12.3 Å². The van der Waals surface area contributed by atoms with E-state index in [1.165, 1.54) is 16.7 Å². The minimum atomic E-state index is -0.837. The minimum absolute atomic E-state index is 0.0542. The third-order valence-electron chi connectivity index (χ3n) is 2.68. The number of carboxylic acid groups (broad SMARTS) is 1. The Morgan fingerprint density at radius 1 is 1.39 bits per heavy atom. The second-order valence-electron chi connectivity index (χ2n) is 4.25. The van der Waals surface area contributed by atoms with E-state index in [1.54, 1.807) is 20.2 Å². The second-order valence-corrected chi connectivity index (χ2v) is 5.49.